The van der Waals surface area contributed by atoms with Gasteiger partial charge in [0.2, 0.25) is 0 Å². The van der Waals surface area contributed by atoms with E-state index in [4.69, 9.17) is 0 Å². The summed E-state index contributed by atoms with van der Waals surface area (Å²) in [5.74, 6) is 1.10. The van der Waals surface area contributed by atoms with Gasteiger partial charge in [-0.1, -0.05) is 19.9 Å². The number of aromatic nitrogens is 1. The average molecular weight is 263 g/mol. The third-order valence-corrected chi connectivity index (χ3v) is 2.94. The third-order valence-electron chi connectivity index (χ3n) is 2.94. The highest BCUT2D eigenvalue weighted by atomic mass is 15.2. The summed E-state index contributed by atoms with van der Waals surface area (Å²) in [6.07, 6.45) is 4.32. The summed E-state index contributed by atoms with van der Waals surface area (Å²) in [6.45, 7) is 14.0. The summed E-state index contributed by atoms with van der Waals surface area (Å²) >= 11 is 0. The van der Waals surface area contributed by atoms with Crippen molar-refractivity contribution in [3.05, 3.63) is 23.9 Å². The maximum Gasteiger partial charge on any atom is 0.128 e. The Kier molecular flexibility index (Phi) is 6.29. The lowest BCUT2D eigenvalue weighted by Gasteiger charge is -2.23. The minimum Gasteiger partial charge on any atom is -0.357 e. The van der Waals surface area contributed by atoms with Crippen LogP contribution >= 0.6 is 0 Å². The smallest absolute Gasteiger partial charge is 0.128 e. The fourth-order valence-electron chi connectivity index (χ4n) is 1.96. The Labute approximate surface area is 118 Å². The van der Waals surface area contributed by atoms with Crippen molar-refractivity contribution in [1.82, 2.24) is 10.3 Å². The van der Waals surface area contributed by atoms with Crippen molar-refractivity contribution in [2.24, 2.45) is 0 Å². The highest BCUT2D eigenvalue weighted by Gasteiger charge is 2.09. The van der Waals surface area contributed by atoms with Crippen molar-refractivity contribution < 1.29 is 0 Å². The van der Waals surface area contributed by atoms with Gasteiger partial charge in [-0.15, -0.1) is 0 Å². The highest BCUT2D eigenvalue weighted by Crippen LogP contribution is 2.13. The highest BCUT2D eigenvalue weighted by molar-refractivity contribution is 5.39. The van der Waals surface area contributed by atoms with Crippen molar-refractivity contribution in [2.75, 3.05) is 18.0 Å². The fraction of sp³-hybridized carbons (Fsp3) is 0.688. The number of hydrogen-bond donors (Lipinski definition) is 1. The molecule has 1 N–H and O–H groups in total. The largest absolute Gasteiger partial charge is 0.357 e. The first-order chi connectivity index (χ1) is 8.96. The number of hydrogen-bond acceptors (Lipinski definition) is 3. The van der Waals surface area contributed by atoms with Gasteiger partial charge in [-0.3, -0.25) is 0 Å². The monoisotopic (exact) mass is 263 g/mol. The summed E-state index contributed by atoms with van der Waals surface area (Å²) in [6, 6.07) is 4.32. The molecule has 0 atom stereocenters. The molecule has 3 heteroatoms. The van der Waals surface area contributed by atoms with Crippen LogP contribution in [0.1, 0.15) is 53.0 Å². The van der Waals surface area contributed by atoms with Gasteiger partial charge in [0.1, 0.15) is 5.82 Å². The van der Waals surface area contributed by atoms with Gasteiger partial charge in [0.25, 0.3) is 0 Å². The Morgan fingerprint density at radius 1 is 1.11 bits per heavy atom. The van der Waals surface area contributed by atoms with Crippen LogP contribution in [0, 0.1) is 0 Å². The standard InChI is InChI=1S/C16H29N3/c1-6-10-19(11-7-2)15-9-8-14(12-17-15)13-18-16(3,4)5/h8-9,12,18H,6-7,10-11,13H2,1-5H3. The molecule has 3 nitrogen and oxygen atoms in total. The lowest BCUT2D eigenvalue weighted by atomic mass is 10.1. The Morgan fingerprint density at radius 2 is 1.74 bits per heavy atom. The molecular formula is C16H29N3. The molecule has 0 aliphatic carbocycles. The van der Waals surface area contributed by atoms with Gasteiger partial charge in [-0.25, -0.2) is 4.98 Å². The topological polar surface area (TPSA) is 28.2 Å². The molecule has 0 fully saturated rings. The summed E-state index contributed by atoms with van der Waals surface area (Å²) in [7, 11) is 0. The van der Waals surface area contributed by atoms with Gasteiger partial charge < -0.3 is 10.2 Å². The molecule has 0 bridgehead atoms. The van der Waals surface area contributed by atoms with Crippen LogP contribution in [-0.4, -0.2) is 23.6 Å². The molecule has 1 aromatic heterocycles. The van der Waals surface area contributed by atoms with E-state index in [1.807, 2.05) is 6.20 Å². The third kappa shape index (κ3) is 6.06. The van der Waals surface area contributed by atoms with E-state index in [-0.39, 0.29) is 5.54 Å². The van der Waals surface area contributed by atoms with Crippen LogP contribution in [0.2, 0.25) is 0 Å². The van der Waals surface area contributed by atoms with Crippen LogP contribution in [0.3, 0.4) is 0 Å². The Balaban J connectivity index is 2.63. The first kappa shape index (κ1) is 16.0. The SMILES string of the molecule is CCCN(CCC)c1ccc(CNC(C)(C)C)cn1. The fourth-order valence-corrected chi connectivity index (χ4v) is 1.96. The van der Waals surface area contributed by atoms with Crippen LogP contribution in [0.5, 0.6) is 0 Å². The van der Waals surface area contributed by atoms with Crippen LogP contribution < -0.4 is 10.2 Å². The number of rotatable bonds is 7. The first-order valence-corrected chi connectivity index (χ1v) is 7.41. The molecule has 0 unspecified atom stereocenters. The van der Waals surface area contributed by atoms with Crippen molar-refractivity contribution in [3.8, 4) is 0 Å². The van der Waals surface area contributed by atoms with Gasteiger partial charge in [0.15, 0.2) is 0 Å². The molecule has 1 rings (SSSR count). The summed E-state index contributed by atoms with van der Waals surface area (Å²) < 4.78 is 0. The molecule has 108 valence electrons. The van der Waals surface area contributed by atoms with Crippen LogP contribution in [-0.2, 0) is 6.54 Å². The Bertz CT molecular complexity index is 345. The van der Waals surface area contributed by atoms with E-state index in [0.717, 1.165) is 38.3 Å². The van der Waals surface area contributed by atoms with E-state index in [1.165, 1.54) is 5.56 Å². The Hall–Kier alpha value is -1.09. The average Bonchev–Trinajstić information content (AvgIpc) is 2.36. The van der Waals surface area contributed by atoms with Crippen LogP contribution in [0.25, 0.3) is 0 Å². The van der Waals surface area contributed by atoms with Crippen molar-refractivity contribution in [1.29, 1.82) is 0 Å². The van der Waals surface area contributed by atoms with Crippen molar-refractivity contribution in [3.63, 3.8) is 0 Å². The van der Waals surface area contributed by atoms with E-state index in [9.17, 15) is 0 Å². The Morgan fingerprint density at radius 3 is 2.16 bits per heavy atom. The molecule has 0 spiro atoms. The molecule has 0 aromatic carbocycles. The molecule has 19 heavy (non-hydrogen) atoms. The first-order valence-electron chi connectivity index (χ1n) is 7.41. The van der Waals surface area contributed by atoms with E-state index < -0.39 is 0 Å². The molecule has 0 aliphatic rings. The second-order valence-electron chi connectivity index (χ2n) is 6.12. The van der Waals surface area contributed by atoms with E-state index in [2.05, 4.69) is 62.0 Å². The zero-order valence-corrected chi connectivity index (χ0v) is 13.2. The van der Waals surface area contributed by atoms with Crippen LogP contribution in [0.4, 0.5) is 5.82 Å². The van der Waals surface area contributed by atoms with Crippen molar-refractivity contribution >= 4 is 5.82 Å². The number of nitrogens with one attached hydrogen (secondary N) is 1. The maximum atomic E-state index is 4.60. The molecule has 0 saturated carbocycles. The van der Waals surface area contributed by atoms with Gasteiger partial charge in [0, 0.05) is 31.4 Å². The minimum absolute atomic E-state index is 0.148. The molecule has 1 aromatic rings. The summed E-state index contributed by atoms with van der Waals surface area (Å²) in [5.41, 5.74) is 1.39. The van der Waals surface area contributed by atoms with E-state index >= 15 is 0 Å². The number of nitrogens with zero attached hydrogens (tertiary/aromatic N) is 2. The zero-order valence-electron chi connectivity index (χ0n) is 13.2. The molecule has 0 aliphatic heterocycles. The quantitative estimate of drug-likeness (QED) is 0.814. The molecule has 0 amide bonds. The molecular weight excluding hydrogens is 234 g/mol. The second kappa shape index (κ2) is 7.49. The predicted molar refractivity (Wildman–Crippen MR) is 83.6 cm³/mol. The zero-order chi connectivity index (χ0) is 14.3. The van der Waals surface area contributed by atoms with Gasteiger partial charge in [-0.2, -0.15) is 0 Å². The van der Waals surface area contributed by atoms with Gasteiger partial charge >= 0.3 is 0 Å². The van der Waals surface area contributed by atoms with Crippen molar-refractivity contribution in [2.45, 2.75) is 59.5 Å². The predicted octanol–water partition coefficient (Wildman–Crippen LogP) is 3.60. The minimum atomic E-state index is 0.148. The number of anilines is 1. The van der Waals surface area contributed by atoms with E-state index in [0.29, 0.717) is 0 Å². The molecule has 1 heterocycles. The van der Waals surface area contributed by atoms with Gasteiger partial charge in [-0.05, 0) is 45.2 Å². The second-order valence-corrected chi connectivity index (χ2v) is 6.12. The normalized spacial score (nSPS) is 11.6. The summed E-state index contributed by atoms with van der Waals surface area (Å²) in [5, 5.41) is 3.48. The lowest BCUT2D eigenvalue weighted by Crippen LogP contribution is -2.35. The molecule has 0 saturated heterocycles. The van der Waals surface area contributed by atoms with E-state index in [1.54, 1.807) is 0 Å². The molecule has 0 radical (unpaired) electrons. The number of pyridine rings is 1. The van der Waals surface area contributed by atoms with Crippen LogP contribution in [0.15, 0.2) is 18.3 Å². The maximum absolute atomic E-state index is 4.60. The summed E-state index contributed by atoms with van der Waals surface area (Å²) in [4.78, 5) is 6.96. The lowest BCUT2D eigenvalue weighted by molar-refractivity contribution is 0.424. The van der Waals surface area contributed by atoms with Gasteiger partial charge in [0.05, 0.1) is 0 Å².